The predicted octanol–water partition coefficient (Wildman–Crippen LogP) is 1.64. The number of nitrogens with zero attached hydrogens (tertiary/aromatic N) is 3. The average molecular weight is 296 g/mol. The second-order valence-electron chi connectivity index (χ2n) is 5.49. The summed E-state index contributed by atoms with van der Waals surface area (Å²) in [5.41, 5.74) is 1.20. The third kappa shape index (κ3) is 3.24. The van der Waals surface area contributed by atoms with Gasteiger partial charge in [0.1, 0.15) is 11.6 Å². The molecule has 0 atom stereocenters. The third-order valence-corrected chi connectivity index (χ3v) is 3.82. The van der Waals surface area contributed by atoms with E-state index in [4.69, 9.17) is 0 Å². The predicted molar refractivity (Wildman–Crippen MR) is 85.7 cm³/mol. The maximum Gasteiger partial charge on any atom is 0.226 e. The molecule has 1 aromatic heterocycles. The molecule has 2 aromatic rings. The highest BCUT2D eigenvalue weighted by Crippen LogP contribution is 2.22. The van der Waals surface area contributed by atoms with Gasteiger partial charge in [-0.3, -0.25) is 4.79 Å². The number of hydrogen-bond acceptors (Lipinski definition) is 4. The van der Waals surface area contributed by atoms with Crippen molar-refractivity contribution in [2.24, 2.45) is 5.92 Å². The Morgan fingerprint density at radius 3 is 2.77 bits per heavy atom. The lowest BCUT2D eigenvalue weighted by atomic mass is 9.99. The van der Waals surface area contributed by atoms with Gasteiger partial charge >= 0.3 is 0 Å². The van der Waals surface area contributed by atoms with E-state index in [0.717, 1.165) is 31.2 Å². The van der Waals surface area contributed by atoms with Crippen LogP contribution in [0.3, 0.4) is 0 Å². The standard InChI is InChI=1S/C17H20N4O/c1-2-18-17(22)14-11-21(12-14)16-8-9-19-15(20-16)10-13-6-4-3-5-7-13/h3-9,14H,2,10-12H2,1H3,(H,18,22). The number of carbonyl (C=O) groups excluding carboxylic acids is 1. The summed E-state index contributed by atoms with van der Waals surface area (Å²) >= 11 is 0. The molecule has 2 heterocycles. The maximum atomic E-state index is 11.7. The molecule has 0 aliphatic carbocycles. The van der Waals surface area contributed by atoms with Crippen molar-refractivity contribution < 1.29 is 4.79 Å². The highest BCUT2D eigenvalue weighted by atomic mass is 16.2. The van der Waals surface area contributed by atoms with Crippen LogP contribution in [0.5, 0.6) is 0 Å². The zero-order valence-corrected chi connectivity index (χ0v) is 12.7. The zero-order chi connectivity index (χ0) is 15.4. The topological polar surface area (TPSA) is 58.1 Å². The van der Waals surface area contributed by atoms with Crippen molar-refractivity contribution in [3.63, 3.8) is 0 Å². The molecule has 1 fully saturated rings. The molecule has 5 nitrogen and oxygen atoms in total. The molecule has 0 saturated carbocycles. The summed E-state index contributed by atoms with van der Waals surface area (Å²) in [4.78, 5) is 22.8. The van der Waals surface area contributed by atoms with Gasteiger partial charge in [0.15, 0.2) is 0 Å². The second kappa shape index (κ2) is 6.56. The van der Waals surface area contributed by atoms with Crippen molar-refractivity contribution in [2.45, 2.75) is 13.3 Å². The minimum absolute atomic E-state index is 0.0764. The Morgan fingerprint density at radius 1 is 1.27 bits per heavy atom. The van der Waals surface area contributed by atoms with Crippen LogP contribution in [0.25, 0.3) is 0 Å². The fourth-order valence-corrected chi connectivity index (χ4v) is 2.58. The quantitative estimate of drug-likeness (QED) is 0.911. The molecule has 114 valence electrons. The Morgan fingerprint density at radius 2 is 2.05 bits per heavy atom. The Bertz CT molecular complexity index is 638. The summed E-state index contributed by atoms with van der Waals surface area (Å²) in [5, 5.41) is 2.87. The monoisotopic (exact) mass is 296 g/mol. The Hall–Kier alpha value is -2.43. The number of rotatable bonds is 5. The highest BCUT2D eigenvalue weighted by Gasteiger charge is 2.33. The molecule has 5 heteroatoms. The van der Waals surface area contributed by atoms with Gasteiger partial charge in [-0.1, -0.05) is 30.3 Å². The molecule has 1 aliphatic heterocycles. The second-order valence-corrected chi connectivity index (χ2v) is 5.49. The summed E-state index contributed by atoms with van der Waals surface area (Å²) < 4.78 is 0. The van der Waals surface area contributed by atoms with Crippen molar-refractivity contribution in [1.29, 1.82) is 0 Å². The van der Waals surface area contributed by atoms with Crippen molar-refractivity contribution in [2.75, 3.05) is 24.5 Å². The molecule has 1 amide bonds. The van der Waals surface area contributed by atoms with E-state index >= 15 is 0 Å². The van der Waals surface area contributed by atoms with Gasteiger partial charge in [-0.25, -0.2) is 9.97 Å². The first kappa shape index (κ1) is 14.5. The minimum atomic E-state index is 0.0764. The van der Waals surface area contributed by atoms with Gasteiger partial charge in [0.25, 0.3) is 0 Å². The molecular weight excluding hydrogens is 276 g/mol. The van der Waals surface area contributed by atoms with E-state index in [1.165, 1.54) is 5.56 Å². The van der Waals surface area contributed by atoms with Crippen molar-refractivity contribution in [1.82, 2.24) is 15.3 Å². The number of anilines is 1. The van der Waals surface area contributed by atoms with Crippen molar-refractivity contribution >= 4 is 11.7 Å². The molecule has 1 aliphatic rings. The van der Waals surface area contributed by atoms with E-state index in [0.29, 0.717) is 6.54 Å². The Kier molecular flexibility index (Phi) is 4.32. The van der Waals surface area contributed by atoms with Crippen LogP contribution in [0.4, 0.5) is 5.82 Å². The molecular formula is C17H20N4O. The normalized spacial score (nSPS) is 14.5. The average Bonchev–Trinajstić information content (AvgIpc) is 2.47. The molecule has 1 N–H and O–H groups in total. The smallest absolute Gasteiger partial charge is 0.226 e. The summed E-state index contributed by atoms with van der Waals surface area (Å²) in [6, 6.07) is 12.1. The van der Waals surface area contributed by atoms with Gasteiger partial charge in [-0.15, -0.1) is 0 Å². The first-order valence-corrected chi connectivity index (χ1v) is 7.64. The van der Waals surface area contributed by atoms with E-state index in [-0.39, 0.29) is 11.8 Å². The summed E-state index contributed by atoms with van der Waals surface area (Å²) in [5.74, 6) is 1.93. The van der Waals surface area contributed by atoms with Gasteiger partial charge in [-0.2, -0.15) is 0 Å². The van der Waals surface area contributed by atoms with Crippen LogP contribution in [-0.4, -0.2) is 35.5 Å². The van der Waals surface area contributed by atoms with Gasteiger partial charge in [0.2, 0.25) is 5.91 Å². The number of benzene rings is 1. The minimum Gasteiger partial charge on any atom is -0.356 e. The van der Waals surface area contributed by atoms with E-state index in [1.54, 1.807) is 6.20 Å². The lowest BCUT2D eigenvalue weighted by Gasteiger charge is -2.39. The number of amides is 1. The van der Waals surface area contributed by atoms with Crippen LogP contribution in [-0.2, 0) is 11.2 Å². The van der Waals surface area contributed by atoms with Crippen LogP contribution < -0.4 is 10.2 Å². The zero-order valence-electron chi connectivity index (χ0n) is 12.7. The molecule has 0 spiro atoms. The summed E-state index contributed by atoms with van der Waals surface area (Å²) in [6.45, 7) is 4.08. The molecule has 1 aromatic carbocycles. The van der Waals surface area contributed by atoms with Crippen LogP contribution in [0, 0.1) is 5.92 Å². The van der Waals surface area contributed by atoms with Crippen molar-refractivity contribution in [3.05, 3.63) is 54.0 Å². The lowest BCUT2D eigenvalue weighted by Crippen LogP contribution is -2.54. The molecule has 1 saturated heterocycles. The molecule has 22 heavy (non-hydrogen) atoms. The van der Waals surface area contributed by atoms with Crippen LogP contribution in [0.1, 0.15) is 18.3 Å². The van der Waals surface area contributed by atoms with E-state index in [1.807, 2.05) is 31.2 Å². The molecule has 3 rings (SSSR count). The first-order chi connectivity index (χ1) is 10.8. The Labute approximate surface area is 130 Å². The molecule has 0 unspecified atom stereocenters. The van der Waals surface area contributed by atoms with Crippen LogP contribution in [0.15, 0.2) is 42.6 Å². The van der Waals surface area contributed by atoms with Gasteiger partial charge in [0, 0.05) is 32.3 Å². The number of hydrogen-bond donors (Lipinski definition) is 1. The third-order valence-electron chi connectivity index (χ3n) is 3.82. The van der Waals surface area contributed by atoms with Crippen LogP contribution >= 0.6 is 0 Å². The van der Waals surface area contributed by atoms with Crippen LogP contribution in [0.2, 0.25) is 0 Å². The van der Waals surface area contributed by atoms with Gasteiger partial charge < -0.3 is 10.2 Å². The maximum absolute atomic E-state index is 11.7. The van der Waals surface area contributed by atoms with Gasteiger partial charge in [-0.05, 0) is 18.6 Å². The van der Waals surface area contributed by atoms with E-state index < -0.39 is 0 Å². The highest BCUT2D eigenvalue weighted by molar-refractivity contribution is 5.81. The number of nitrogens with one attached hydrogen (secondary N) is 1. The number of aromatic nitrogens is 2. The Balaban J connectivity index is 1.62. The van der Waals surface area contributed by atoms with E-state index in [9.17, 15) is 4.79 Å². The SMILES string of the molecule is CCNC(=O)C1CN(c2ccnc(Cc3ccccc3)n2)C1. The fourth-order valence-electron chi connectivity index (χ4n) is 2.58. The molecule has 0 bridgehead atoms. The number of carbonyl (C=O) groups is 1. The molecule has 0 radical (unpaired) electrons. The first-order valence-electron chi connectivity index (χ1n) is 7.64. The summed E-state index contributed by atoms with van der Waals surface area (Å²) in [7, 11) is 0. The van der Waals surface area contributed by atoms with Crippen molar-refractivity contribution in [3.8, 4) is 0 Å². The fraction of sp³-hybridized carbons (Fsp3) is 0.353. The largest absolute Gasteiger partial charge is 0.356 e. The summed E-state index contributed by atoms with van der Waals surface area (Å²) in [6.07, 6.45) is 2.52. The van der Waals surface area contributed by atoms with Gasteiger partial charge in [0.05, 0.1) is 5.92 Å². The van der Waals surface area contributed by atoms with E-state index in [2.05, 4.69) is 32.3 Å². The lowest BCUT2D eigenvalue weighted by molar-refractivity contribution is -0.125.